The fourth-order valence-electron chi connectivity index (χ4n) is 0.985. The standard InChI is InChI=1S/C11H21O5/c1-6-14-8-11(13,15-7-2)9(12)16-10(3,4)5/h6-8H2,1-5H3. The largest absolute Gasteiger partial charge is 0.456 e. The van der Waals surface area contributed by atoms with Gasteiger partial charge in [0.2, 0.25) is 0 Å². The van der Waals surface area contributed by atoms with Crippen LogP contribution >= 0.6 is 0 Å². The van der Waals surface area contributed by atoms with Crippen LogP contribution in [-0.2, 0) is 24.1 Å². The highest BCUT2D eigenvalue weighted by Crippen LogP contribution is 2.17. The van der Waals surface area contributed by atoms with Crippen molar-refractivity contribution in [3.63, 3.8) is 0 Å². The molecule has 0 spiro atoms. The number of carbonyl (C=O) groups excluding carboxylic acids is 1. The molecule has 1 unspecified atom stereocenters. The zero-order valence-electron chi connectivity index (χ0n) is 10.7. The molecular formula is C11H21O5. The van der Waals surface area contributed by atoms with E-state index in [0.717, 1.165) is 0 Å². The number of carbonyl (C=O) groups is 1. The molecule has 1 atom stereocenters. The summed E-state index contributed by atoms with van der Waals surface area (Å²) < 4.78 is 14.8. The van der Waals surface area contributed by atoms with Gasteiger partial charge in [0.1, 0.15) is 12.2 Å². The lowest BCUT2D eigenvalue weighted by atomic mass is 10.2. The SMILES string of the molecule is CCOCC([O])(OCC)C(=O)OC(C)(C)C. The average Bonchev–Trinajstić information content (AvgIpc) is 2.12. The quantitative estimate of drug-likeness (QED) is 0.515. The highest BCUT2D eigenvalue weighted by molar-refractivity contribution is 5.78. The van der Waals surface area contributed by atoms with Crippen molar-refractivity contribution in [1.29, 1.82) is 0 Å². The number of hydrogen-bond acceptors (Lipinski definition) is 4. The van der Waals surface area contributed by atoms with E-state index in [2.05, 4.69) is 0 Å². The second-order valence-corrected chi connectivity index (χ2v) is 4.32. The van der Waals surface area contributed by atoms with Gasteiger partial charge in [-0.3, -0.25) is 0 Å². The monoisotopic (exact) mass is 233 g/mol. The lowest BCUT2D eigenvalue weighted by Crippen LogP contribution is -2.48. The Hall–Kier alpha value is -0.650. The molecule has 0 N–H and O–H groups in total. The van der Waals surface area contributed by atoms with Crippen LogP contribution in [0.1, 0.15) is 34.6 Å². The van der Waals surface area contributed by atoms with Crippen molar-refractivity contribution >= 4 is 5.97 Å². The molecule has 0 rings (SSSR count). The molecule has 0 saturated carbocycles. The van der Waals surface area contributed by atoms with E-state index in [9.17, 15) is 9.90 Å². The maximum absolute atomic E-state index is 12.0. The molecule has 0 aromatic rings. The first-order valence-corrected chi connectivity index (χ1v) is 5.40. The molecule has 0 aliphatic rings. The molecule has 95 valence electrons. The lowest BCUT2D eigenvalue weighted by Gasteiger charge is -2.27. The first-order chi connectivity index (χ1) is 7.25. The molecule has 5 heteroatoms. The van der Waals surface area contributed by atoms with Crippen LogP contribution in [-0.4, -0.2) is 37.2 Å². The maximum Gasteiger partial charge on any atom is 0.372 e. The molecule has 0 amide bonds. The van der Waals surface area contributed by atoms with Gasteiger partial charge in [-0.05, 0) is 34.6 Å². The summed E-state index contributed by atoms with van der Waals surface area (Å²) >= 11 is 0. The van der Waals surface area contributed by atoms with Gasteiger partial charge in [-0.25, -0.2) is 4.79 Å². The van der Waals surface area contributed by atoms with Crippen LogP contribution in [0.2, 0.25) is 0 Å². The van der Waals surface area contributed by atoms with Crippen LogP contribution in [0.5, 0.6) is 0 Å². The van der Waals surface area contributed by atoms with Gasteiger partial charge < -0.3 is 14.2 Å². The number of hydrogen-bond donors (Lipinski definition) is 0. The van der Waals surface area contributed by atoms with Gasteiger partial charge in [-0.15, -0.1) is 0 Å². The predicted octanol–water partition coefficient (Wildman–Crippen LogP) is 1.53. The Morgan fingerprint density at radius 1 is 1.12 bits per heavy atom. The third kappa shape index (κ3) is 5.44. The zero-order valence-corrected chi connectivity index (χ0v) is 10.7. The second-order valence-electron chi connectivity index (χ2n) is 4.32. The maximum atomic E-state index is 12.0. The smallest absolute Gasteiger partial charge is 0.372 e. The lowest BCUT2D eigenvalue weighted by molar-refractivity contribution is -0.272. The van der Waals surface area contributed by atoms with Crippen LogP contribution < -0.4 is 0 Å². The number of rotatable bonds is 6. The van der Waals surface area contributed by atoms with Crippen molar-refractivity contribution < 1.29 is 24.1 Å². The van der Waals surface area contributed by atoms with E-state index in [1.807, 2.05) is 0 Å². The normalized spacial score (nSPS) is 15.6. The van der Waals surface area contributed by atoms with E-state index in [1.54, 1.807) is 34.6 Å². The molecule has 0 heterocycles. The van der Waals surface area contributed by atoms with E-state index in [-0.39, 0.29) is 13.2 Å². The van der Waals surface area contributed by atoms with Crippen LogP contribution in [0.4, 0.5) is 0 Å². The van der Waals surface area contributed by atoms with Gasteiger partial charge >= 0.3 is 11.8 Å². The average molecular weight is 233 g/mol. The highest BCUT2D eigenvalue weighted by Gasteiger charge is 2.43. The van der Waals surface area contributed by atoms with Crippen molar-refractivity contribution in [3.05, 3.63) is 0 Å². The Labute approximate surface area is 96.7 Å². The molecule has 0 fully saturated rings. The van der Waals surface area contributed by atoms with Crippen molar-refractivity contribution in [1.82, 2.24) is 0 Å². The number of esters is 1. The fraction of sp³-hybridized carbons (Fsp3) is 0.909. The Morgan fingerprint density at radius 3 is 2.06 bits per heavy atom. The van der Waals surface area contributed by atoms with Crippen molar-refractivity contribution in [2.75, 3.05) is 19.8 Å². The van der Waals surface area contributed by atoms with Crippen LogP contribution in [0.25, 0.3) is 0 Å². The molecule has 0 aromatic carbocycles. The van der Waals surface area contributed by atoms with Crippen molar-refractivity contribution in [3.8, 4) is 0 Å². The summed E-state index contributed by atoms with van der Waals surface area (Å²) in [4.78, 5) is 11.6. The summed E-state index contributed by atoms with van der Waals surface area (Å²) in [5, 5.41) is 12.0. The van der Waals surface area contributed by atoms with Gasteiger partial charge in [0.05, 0.1) is 0 Å². The predicted molar refractivity (Wildman–Crippen MR) is 57.4 cm³/mol. The van der Waals surface area contributed by atoms with E-state index in [1.165, 1.54) is 0 Å². The highest BCUT2D eigenvalue weighted by atomic mass is 16.7. The minimum Gasteiger partial charge on any atom is -0.456 e. The van der Waals surface area contributed by atoms with Crippen LogP contribution in [0.3, 0.4) is 0 Å². The Morgan fingerprint density at radius 2 is 1.69 bits per heavy atom. The molecule has 0 bridgehead atoms. The minimum atomic E-state index is -2.27. The molecule has 16 heavy (non-hydrogen) atoms. The summed E-state index contributed by atoms with van der Waals surface area (Å²) in [6, 6.07) is 0. The minimum absolute atomic E-state index is 0.135. The molecule has 0 aliphatic heterocycles. The first-order valence-electron chi connectivity index (χ1n) is 5.40. The summed E-state index contributed by atoms with van der Waals surface area (Å²) in [7, 11) is 0. The van der Waals surface area contributed by atoms with Crippen LogP contribution in [0, 0.1) is 0 Å². The Bertz CT molecular complexity index is 221. The third-order valence-corrected chi connectivity index (χ3v) is 1.58. The van der Waals surface area contributed by atoms with Crippen molar-refractivity contribution in [2.24, 2.45) is 0 Å². The molecule has 1 radical (unpaired) electrons. The Balaban J connectivity index is 4.56. The van der Waals surface area contributed by atoms with Gasteiger partial charge in [-0.1, -0.05) is 0 Å². The fourth-order valence-corrected chi connectivity index (χ4v) is 0.985. The van der Waals surface area contributed by atoms with Crippen molar-refractivity contribution in [2.45, 2.75) is 46.0 Å². The summed E-state index contributed by atoms with van der Waals surface area (Å²) in [5.41, 5.74) is -0.712. The van der Waals surface area contributed by atoms with Gasteiger partial charge in [0, 0.05) is 13.2 Å². The topological polar surface area (TPSA) is 64.7 Å². The first kappa shape index (κ1) is 15.3. The molecule has 0 saturated heterocycles. The summed E-state index contributed by atoms with van der Waals surface area (Å²) in [6.45, 7) is 8.60. The van der Waals surface area contributed by atoms with E-state index in [0.29, 0.717) is 6.61 Å². The van der Waals surface area contributed by atoms with E-state index in [4.69, 9.17) is 14.2 Å². The second kappa shape index (κ2) is 6.18. The summed E-state index contributed by atoms with van der Waals surface area (Å²) in [6.07, 6.45) is 0. The zero-order chi connectivity index (χ0) is 12.8. The van der Waals surface area contributed by atoms with Crippen LogP contribution in [0.15, 0.2) is 0 Å². The molecule has 0 aromatic heterocycles. The van der Waals surface area contributed by atoms with Gasteiger partial charge in [-0.2, -0.15) is 5.11 Å². The van der Waals surface area contributed by atoms with E-state index < -0.39 is 17.4 Å². The third-order valence-electron chi connectivity index (χ3n) is 1.58. The number of ether oxygens (including phenoxy) is 3. The Kier molecular flexibility index (Phi) is 5.92. The summed E-state index contributed by atoms with van der Waals surface area (Å²) in [5.74, 6) is -3.20. The molecule has 0 aliphatic carbocycles. The molecule has 5 nitrogen and oxygen atoms in total. The molecular weight excluding hydrogens is 212 g/mol. The van der Waals surface area contributed by atoms with Gasteiger partial charge in [0.25, 0.3) is 0 Å². The van der Waals surface area contributed by atoms with Gasteiger partial charge in [0.15, 0.2) is 0 Å². The van der Waals surface area contributed by atoms with E-state index >= 15 is 0 Å².